The molecule has 0 bridgehead atoms. The summed E-state index contributed by atoms with van der Waals surface area (Å²) in [5.41, 5.74) is 0. The zero-order valence-corrected chi connectivity index (χ0v) is 8.45. The van der Waals surface area contributed by atoms with Crippen LogP contribution in [-0.4, -0.2) is 12.6 Å². The molecule has 2 nitrogen and oxygen atoms in total. The van der Waals surface area contributed by atoms with Crippen LogP contribution in [0.15, 0.2) is 12.2 Å². The van der Waals surface area contributed by atoms with Crippen LogP contribution < -0.4 is 0 Å². The molecule has 0 aliphatic heterocycles. The van der Waals surface area contributed by atoms with Gasteiger partial charge in [0, 0.05) is 2.74 Å². The number of esters is 1. The summed E-state index contributed by atoms with van der Waals surface area (Å²) >= 11 is 0. The molecule has 0 aliphatic carbocycles. The van der Waals surface area contributed by atoms with Crippen molar-refractivity contribution >= 4 is 5.97 Å². The van der Waals surface area contributed by atoms with Crippen LogP contribution in [0.2, 0.25) is 0 Å². The van der Waals surface area contributed by atoms with Crippen molar-refractivity contribution in [1.29, 1.82) is 0 Å². The summed E-state index contributed by atoms with van der Waals surface area (Å²) in [5, 5.41) is 0. The third-order valence-electron chi connectivity index (χ3n) is 1.85. The summed E-state index contributed by atoms with van der Waals surface area (Å²) in [6, 6.07) is 0. The van der Waals surface area contributed by atoms with Gasteiger partial charge in [-0.05, 0) is 19.3 Å². The zero-order chi connectivity index (χ0) is 11.7. The molecule has 0 heterocycles. The number of carbonyl (C=O) groups excluding carboxylic acids is 1. The average Bonchev–Trinajstić information content (AvgIpc) is 2.21. The lowest BCUT2D eigenvalue weighted by Crippen LogP contribution is -2.14. The Labute approximate surface area is 83.8 Å². The molecule has 1 unspecified atom stereocenters. The predicted molar refractivity (Wildman–Crippen MR) is 54.5 cm³/mol. The van der Waals surface area contributed by atoms with Gasteiger partial charge in [0.2, 0.25) is 0 Å². The minimum Gasteiger partial charge on any atom is -0.465 e. The molecule has 0 saturated heterocycles. The summed E-state index contributed by atoms with van der Waals surface area (Å²) in [6.07, 6.45) is 5.52. The third-order valence-corrected chi connectivity index (χ3v) is 1.85. The van der Waals surface area contributed by atoms with Crippen LogP contribution in [0.4, 0.5) is 0 Å². The van der Waals surface area contributed by atoms with E-state index in [0.29, 0.717) is 19.4 Å². The normalized spacial score (nSPS) is 15.6. The van der Waals surface area contributed by atoms with Gasteiger partial charge in [-0.1, -0.05) is 32.9 Å². The molecule has 0 rings (SSSR count). The van der Waals surface area contributed by atoms with Gasteiger partial charge in [-0.15, -0.1) is 0 Å². The molecule has 13 heavy (non-hydrogen) atoms. The van der Waals surface area contributed by atoms with Crippen molar-refractivity contribution in [3.8, 4) is 0 Å². The van der Waals surface area contributed by atoms with Crippen molar-refractivity contribution in [1.82, 2.24) is 0 Å². The maximum Gasteiger partial charge on any atom is 0.308 e. The van der Waals surface area contributed by atoms with Gasteiger partial charge < -0.3 is 4.74 Å². The Bertz CT molecular complexity index is 203. The van der Waals surface area contributed by atoms with E-state index in [1.807, 2.05) is 19.9 Å². The largest absolute Gasteiger partial charge is 0.465 e. The highest BCUT2D eigenvalue weighted by atomic mass is 16.5. The van der Waals surface area contributed by atoms with E-state index in [2.05, 4.69) is 0 Å². The van der Waals surface area contributed by atoms with E-state index in [1.54, 1.807) is 6.08 Å². The fraction of sp³-hybridized carbons (Fsp3) is 0.727. The lowest BCUT2D eigenvalue weighted by atomic mass is 10.1. The Hall–Kier alpha value is -0.790. The van der Waals surface area contributed by atoms with E-state index < -0.39 is 6.88 Å². The second-order valence-corrected chi connectivity index (χ2v) is 2.97. The molecule has 0 amide bonds. The highest BCUT2D eigenvalue weighted by Crippen LogP contribution is 2.03. The molecular weight excluding hydrogens is 164 g/mol. The number of hydrogen-bond acceptors (Lipinski definition) is 2. The molecule has 0 fully saturated rings. The molecule has 1 atom stereocenters. The van der Waals surface area contributed by atoms with Crippen molar-refractivity contribution < 1.29 is 12.3 Å². The van der Waals surface area contributed by atoms with Crippen molar-refractivity contribution in [2.75, 3.05) is 6.61 Å². The van der Waals surface area contributed by atoms with E-state index >= 15 is 0 Å². The first-order valence-corrected chi connectivity index (χ1v) is 4.74. The Morgan fingerprint density at radius 2 is 2.38 bits per heavy atom. The SMILES string of the molecule is [2H]C([2H])C/C=C\CCOC(=O)C(C)CC. The van der Waals surface area contributed by atoms with Crippen LogP contribution in [0.5, 0.6) is 0 Å². The number of allylic oxidation sites excluding steroid dienone is 1. The molecule has 2 heteroatoms. The van der Waals surface area contributed by atoms with Gasteiger partial charge in [-0.25, -0.2) is 0 Å². The summed E-state index contributed by atoms with van der Waals surface area (Å²) < 4.78 is 18.9. The van der Waals surface area contributed by atoms with Crippen molar-refractivity contribution in [2.45, 2.75) is 40.0 Å². The molecule has 0 aromatic heterocycles. The van der Waals surface area contributed by atoms with Crippen LogP contribution in [0.3, 0.4) is 0 Å². The van der Waals surface area contributed by atoms with Gasteiger partial charge in [0.05, 0.1) is 12.5 Å². The van der Waals surface area contributed by atoms with E-state index in [9.17, 15) is 4.79 Å². The average molecular weight is 186 g/mol. The fourth-order valence-electron chi connectivity index (χ4n) is 0.751. The zero-order valence-electron chi connectivity index (χ0n) is 10.5. The van der Waals surface area contributed by atoms with E-state index in [4.69, 9.17) is 7.48 Å². The quantitative estimate of drug-likeness (QED) is 0.362. The molecule has 0 aromatic rings. The van der Waals surface area contributed by atoms with Gasteiger partial charge in [0.15, 0.2) is 0 Å². The van der Waals surface area contributed by atoms with E-state index in [-0.39, 0.29) is 11.9 Å². The maximum atomic E-state index is 11.2. The van der Waals surface area contributed by atoms with Crippen molar-refractivity contribution in [3.05, 3.63) is 12.2 Å². The lowest BCUT2D eigenvalue weighted by molar-refractivity contribution is -0.147. The first-order chi connectivity index (χ1) is 7.07. The molecule has 0 spiro atoms. The first kappa shape index (κ1) is 8.79. The number of carbonyl (C=O) groups is 1. The molecule has 0 aromatic carbocycles. The van der Waals surface area contributed by atoms with E-state index in [1.165, 1.54) is 0 Å². The predicted octanol–water partition coefficient (Wildman–Crippen LogP) is 2.93. The van der Waals surface area contributed by atoms with Crippen LogP contribution in [-0.2, 0) is 9.53 Å². The monoisotopic (exact) mass is 186 g/mol. The van der Waals surface area contributed by atoms with Gasteiger partial charge in [-0.2, -0.15) is 0 Å². The summed E-state index contributed by atoms with van der Waals surface area (Å²) in [6.45, 7) is 3.39. The molecule has 76 valence electrons. The van der Waals surface area contributed by atoms with Crippen LogP contribution in [0.1, 0.15) is 42.7 Å². The molecule has 0 saturated carbocycles. The second-order valence-electron chi connectivity index (χ2n) is 2.97. The van der Waals surface area contributed by atoms with Gasteiger partial charge in [-0.3, -0.25) is 4.79 Å². The second kappa shape index (κ2) is 7.84. The summed E-state index contributed by atoms with van der Waals surface area (Å²) in [4.78, 5) is 11.2. The molecule has 0 aliphatic rings. The van der Waals surface area contributed by atoms with Gasteiger partial charge >= 0.3 is 5.97 Å². The lowest BCUT2D eigenvalue weighted by Gasteiger charge is -2.07. The molecular formula is C11H20O2. The first-order valence-electron chi connectivity index (χ1n) is 5.89. The number of hydrogen-bond donors (Lipinski definition) is 0. The topological polar surface area (TPSA) is 26.3 Å². The van der Waals surface area contributed by atoms with Gasteiger partial charge in [0.25, 0.3) is 0 Å². The molecule has 0 N–H and O–H groups in total. The van der Waals surface area contributed by atoms with Crippen LogP contribution in [0.25, 0.3) is 0 Å². The Morgan fingerprint density at radius 1 is 1.62 bits per heavy atom. The third kappa shape index (κ3) is 6.38. The van der Waals surface area contributed by atoms with Crippen LogP contribution in [0, 0.1) is 5.92 Å². The standard InChI is InChI=1S/C11H20O2/c1-4-6-7-8-9-13-11(12)10(3)5-2/h6-7,10H,4-5,8-9H2,1-3H3/b7-6-/i1D2. The van der Waals surface area contributed by atoms with Gasteiger partial charge in [0.1, 0.15) is 0 Å². The Kier molecular flexibility index (Phi) is 5.30. The van der Waals surface area contributed by atoms with Crippen molar-refractivity contribution in [3.63, 3.8) is 0 Å². The summed E-state index contributed by atoms with van der Waals surface area (Å²) in [5.74, 6) is -0.176. The minimum absolute atomic E-state index is 0.0279. The minimum atomic E-state index is -0.802. The highest BCUT2D eigenvalue weighted by Gasteiger charge is 2.10. The van der Waals surface area contributed by atoms with Crippen molar-refractivity contribution in [2.24, 2.45) is 5.92 Å². The van der Waals surface area contributed by atoms with E-state index in [0.717, 1.165) is 6.42 Å². The summed E-state index contributed by atoms with van der Waals surface area (Å²) in [7, 11) is 0. The number of ether oxygens (including phenoxy) is 1. The fourth-order valence-corrected chi connectivity index (χ4v) is 0.751. The Balaban J connectivity index is 3.46. The Morgan fingerprint density at radius 3 is 3.00 bits per heavy atom. The number of rotatable bonds is 6. The molecule has 0 radical (unpaired) electrons. The van der Waals surface area contributed by atoms with Crippen LogP contribution >= 0.6 is 0 Å². The highest BCUT2D eigenvalue weighted by molar-refractivity contribution is 5.71. The smallest absolute Gasteiger partial charge is 0.308 e. The maximum absolute atomic E-state index is 11.2.